The van der Waals surface area contributed by atoms with Gasteiger partial charge < -0.3 is 4.90 Å². The second-order valence-corrected chi connectivity index (χ2v) is 7.15. The van der Waals surface area contributed by atoms with Crippen molar-refractivity contribution in [2.24, 2.45) is 5.92 Å². The van der Waals surface area contributed by atoms with Crippen molar-refractivity contribution in [2.75, 3.05) is 13.1 Å². The van der Waals surface area contributed by atoms with Crippen LogP contribution in [-0.2, 0) is 6.42 Å². The van der Waals surface area contributed by atoms with Gasteiger partial charge in [0.1, 0.15) is 4.88 Å². The van der Waals surface area contributed by atoms with Gasteiger partial charge in [0.25, 0.3) is 5.91 Å². The number of hydrogen-bond acceptors (Lipinski definition) is 4. The van der Waals surface area contributed by atoms with Gasteiger partial charge in [-0.15, -0.1) is 11.3 Å². The van der Waals surface area contributed by atoms with Crippen molar-refractivity contribution in [3.63, 3.8) is 0 Å². The van der Waals surface area contributed by atoms with Crippen LogP contribution in [0.1, 0.15) is 38.8 Å². The topological polar surface area (TPSA) is 46.1 Å². The molecule has 2 aromatic heterocycles. The maximum atomic E-state index is 12.6. The van der Waals surface area contributed by atoms with Crippen molar-refractivity contribution in [1.82, 2.24) is 14.9 Å². The van der Waals surface area contributed by atoms with E-state index in [1.165, 1.54) is 16.9 Å². The highest BCUT2D eigenvalue weighted by Crippen LogP contribution is 2.25. The van der Waals surface area contributed by atoms with Crippen LogP contribution in [0.25, 0.3) is 0 Å². The number of nitrogens with zero attached hydrogens (tertiary/aromatic N) is 3. The van der Waals surface area contributed by atoms with Crippen molar-refractivity contribution >= 4 is 17.2 Å². The van der Waals surface area contributed by atoms with Crippen molar-refractivity contribution in [3.8, 4) is 0 Å². The summed E-state index contributed by atoms with van der Waals surface area (Å²) in [5.74, 6) is 0.821. The summed E-state index contributed by atoms with van der Waals surface area (Å²) in [5, 5.41) is 0.966. The molecule has 0 saturated carbocycles. The van der Waals surface area contributed by atoms with Crippen molar-refractivity contribution in [1.29, 1.82) is 0 Å². The zero-order valence-electron chi connectivity index (χ0n) is 13.1. The number of carbonyl (C=O) groups is 1. The maximum Gasteiger partial charge on any atom is 0.265 e. The molecule has 0 atom stereocenters. The molecule has 1 aliphatic rings. The normalized spacial score (nSPS) is 16.0. The molecular weight excluding hydrogens is 294 g/mol. The molecule has 0 aliphatic carbocycles. The third kappa shape index (κ3) is 3.35. The number of aryl methyl sites for hydroxylation is 2. The lowest BCUT2D eigenvalue weighted by Gasteiger charge is -2.32. The van der Waals surface area contributed by atoms with Gasteiger partial charge in [0.05, 0.1) is 10.7 Å². The lowest BCUT2D eigenvalue weighted by Crippen LogP contribution is -2.38. The third-order valence-corrected chi connectivity index (χ3v) is 5.33. The molecule has 5 heteroatoms. The number of rotatable bonds is 3. The SMILES string of the molecule is Cc1nc(C)c(C(=O)N2CCC(Cc3ccncc3)CC2)s1. The Kier molecular flexibility index (Phi) is 4.52. The molecular formula is C17H21N3OS. The highest BCUT2D eigenvalue weighted by molar-refractivity contribution is 7.13. The Balaban J connectivity index is 1.57. The van der Waals surface area contributed by atoms with E-state index >= 15 is 0 Å². The van der Waals surface area contributed by atoms with Crippen LogP contribution in [0.2, 0.25) is 0 Å². The van der Waals surface area contributed by atoms with Gasteiger partial charge in [0.15, 0.2) is 0 Å². The first-order valence-electron chi connectivity index (χ1n) is 7.75. The molecule has 0 N–H and O–H groups in total. The smallest absolute Gasteiger partial charge is 0.265 e. The number of carbonyl (C=O) groups excluding carboxylic acids is 1. The summed E-state index contributed by atoms with van der Waals surface area (Å²) in [5.41, 5.74) is 2.21. The number of piperidine rings is 1. The number of aromatic nitrogens is 2. The minimum atomic E-state index is 0.158. The molecule has 4 nitrogen and oxygen atoms in total. The highest BCUT2D eigenvalue weighted by Gasteiger charge is 2.26. The first-order valence-corrected chi connectivity index (χ1v) is 8.57. The van der Waals surface area contributed by atoms with E-state index in [1.807, 2.05) is 31.1 Å². The quantitative estimate of drug-likeness (QED) is 0.873. The molecule has 3 rings (SSSR count). The van der Waals surface area contributed by atoms with Gasteiger partial charge in [0, 0.05) is 25.5 Å². The number of thiazole rings is 1. The van der Waals surface area contributed by atoms with Crippen LogP contribution >= 0.6 is 11.3 Å². The average Bonchev–Trinajstić information content (AvgIpc) is 2.87. The lowest BCUT2D eigenvalue weighted by molar-refractivity contribution is 0.0694. The summed E-state index contributed by atoms with van der Waals surface area (Å²) < 4.78 is 0. The molecule has 0 radical (unpaired) electrons. The van der Waals surface area contributed by atoms with Gasteiger partial charge in [-0.1, -0.05) is 0 Å². The van der Waals surface area contributed by atoms with Crippen LogP contribution in [0, 0.1) is 19.8 Å². The summed E-state index contributed by atoms with van der Waals surface area (Å²) in [6.07, 6.45) is 6.94. The molecule has 0 unspecified atom stereocenters. The molecule has 1 saturated heterocycles. The number of pyridine rings is 1. The third-order valence-electron chi connectivity index (χ3n) is 4.27. The number of hydrogen-bond donors (Lipinski definition) is 0. The molecule has 1 amide bonds. The van der Waals surface area contributed by atoms with E-state index in [0.29, 0.717) is 5.92 Å². The Hall–Kier alpha value is -1.75. The molecule has 0 bridgehead atoms. The monoisotopic (exact) mass is 315 g/mol. The maximum absolute atomic E-state index is 12.6. The van der Waals surface area contributed by atoms with Crippen LogP contribution in [0.4, 0.5) is 0 Å². The average molecular weight is 315 g/mol. The van der Waals surface area contributed by atoms with E-state index < -0.39 is 0 Å². The minimum absolute atomic E-state index is 0.158. The highest BCUT2D eigenvalue weighted by atomic mass is 32.1. The zero-order valence-corrected chi connectivity index (χ0v) is 13.9. The standard InChI is InChI=1S/C17H21N3OS/c1-12-16(22-13(2)19-12)17(21)20-9-5-15(6-10-20)11-14-3-7-18-8-4-14/h3-4,7-8,15H,5-6,9-11H2,1-2H3. The molecule has 3 heterocycles. The Morgan fingerprint density at radius 3 is 2.55 bits per heavy atom. The lowest BCUT2D eigenvalue weighted by atomic mass is 9.90. The fourth-order valence-electron chi connectivity index (χ4n) is 3.07. The second kappa shape index (κ2) is 6.57. The van der Waals surface area contributed by atoms with Crippen LogP contribution in [0.15, 0.2) is 24.5 Å². The largest absolute Gasteiger partial charge is 0.338 e. The molecule has 1 aliphatic heterocycles. The first-order chi connectivity index (χ1) is 10.6. The summed E-state index contributed by atoms with van der Waals surface area (Å²) in [7, 11) is 0. The van der Waals surface area contributed by atoms with Gasteiger partial charge in [-0.05, 0) is 56.7 Å². The van der Waals surface area contributed by atoms with Gasteiger partial charge in [-0.25, -0.2) is 4.98 Å². The summed E-state index contributed by atoms with van der Waals surface area (Å²) in [4.78, 5) is 23.8. The fourth-order valence-corrected chi connectivity index (χ4v) is 3.95. The predicted octanol–water partition coefficient (Wildman–Crippen LogP) is 3.25. The van der Waals surface area contributed by atoms with Gasteiger partial charge in [0.2, 0.25) is 0 Å². The summed E-state index contributed by atoms with van der Waals surface area (Å²) in [6.45, 7) is 5.58. The Morgan fingerprint density at radius 2 is 1.95 bits per heavy atom. The molecule has 0 aromatic carbocycles. The first kappa shape index (κ1) is 15.2. The van der Waals surface area contributed by atoms with E-state index in [-0.39, 0.29) is 5.91 Å². The zero-order chi connectivity index (χ0) is 15.5. The predicted molar refractivity (Wildman–Crippen MR) is 88.2 cm³/mol. The van der Waals surface area contributed by atoms with E-state index in [2.05, 4.69) is 22.1 Å². The summed E-state index contributed by atoms with van der Waals surface area (Å²) in [6, 6.07) is 4.17. The van der Waals surface area contributed by atoms with Gasteiger partial charge in [-0.2, -0.15) is 0 Å². The van der Waals surface area contributed by atoms with Gasteiger partial charge in [-0.3, -0.25) is 9.78 Å². The van der Waals surface area contributed by atoms with E-state index in [4.69, 9.17) is 0 Å². The van der Waals surface area contributed by atoms with Crippen molar-refractivity contribution in [2.45, 2.75) is 33.1 Å². The molecule has 1 fully saturated rings. The number of amides is 1. The summed E-state index contributed by atoms with van der Waals surface area (Å²) >= 11 is 1.51. The Bertz CT molecular complexity index is 645. The Morgan fingerprint density at radius 1 is 1.27 bits per heavy atom. The van der Waals surface area contributed by atoms with Crippen LogP contribution < -0.4 is 0 Å². The van der Waals surface area contributed by atoms with Crippen molar-refractivity contribution in [3.05, 3.63) is 45.7 Å². The molecule has 116 valence electrons. The second-order valence-electron chi connectivity index (χ2n) is 5.94. The van der Waals surface area contributed by atoms with Crippen LogP contribution in [-0.4, -0.2) is 33.9 Å². The van der Waals surface area contributed by atoms with Crippen LogP contribution in [0.3, 0.4) is 0 Å². The fraction of sp³-hybridized carbons (Fsp3) is 0.471. The molecule has 22 heavy (non-hydrogen) atoms. The molecule has 0 spiro atoms. The van der Waals surface area contributed by atoms with Gasteiger partial charge >= 0.3 is 0 Å². The van der Waals surface area contributed by atoms with Crippen molar-refractivity contribution < 1.29 is 4.79 Å². The van der Waals surface area contributed by atoms with E-state index in [9.17, 15) is 4.79 Å². The number of likely N-dealkylation sites (tertiary alicyclic amines) is 1. The minimum Gasteiger partial charge on any atom is -0.338 e. The van der Waals surface area contributed by atoms with Crippen LogP contribution in [0.5, 0.6) is 0 Å². The Labute approximate surface area is 135 Å². The van der Waals surface area contributed by atoms with E-state index in [1.54, 1.807) is 0 Å². The van der Waals surface area contributed by atoms with E-state index in [0.717, 1.165) is 47.9 Å². The molecule has 2 aromatic rings.